The summed E-state index contributed by atoms with van der Waals surface area (Å²) >= 11 is 0. The van der Waals surface area contributed by atoms with Crippen molar-refractivity contribution in [2.75, 3.05) is 0 Å². The molecule has 0 bridgehead atoms. The molecule has 2 aromatic rings. The molecule has 0 aromatic heterocycles. The molecule has 2 rings (SSSR count). The maximum Gasteiger partial charge on any atom is 0.426 e. The van der Waals surface area contributed by atoms with Gasteiger partial charge in [-0.2, -0.15) is 0 Å². The number of hydrazine groups is 1. The lowest BCUT2D eigenvalue weighted by Crippen LogP contribution is -2.59. The Bertz CT molecular complexity index is 930. The molecule has 8 heteroatoms. The highest BCUT2D eigenvalue weighted by Gasteiger charge is 2.52. The summed E-state index contributed by atoms with van der Waals surface area (Å²) in [6.07, 6.45) is -3.85. The topological polar surface area (TPSA) is 128 Å². The minimum absolute atomic E-state index is 0.0330. The van der Waals surface area contributed by atoms with E-state index < -0.39 is 41.3 Å². The Morgan fingerprint density at radius 2 is 1.47 bits per heavy atom. The predicted octanol–water partition coefficient (Wildman–Crippen LogP) is 3.37. The molecular weight excluding hydrogens is 434 g/mol. The largest absolute Gasteiger partial charge is 0.460 e. The second-order valence-corrected chi connectivity index (χ2v) is 9.75. The van der Waals surface area contributed by atoms with Crippen molar-refractivity contribution in [3.63, 3.8) is 0 Å². The van der Waals surface area contributed by atoms with Gasteiger partial charge in [0, 0.05) is 0 Å². The molecule has 2 aromatic carbocycles. The van der Waals surface area contributed by atoms with Crippen molar-refractivity contribution in [1.82, 2.24) is 5.01 Å². The lowest BCUT2D eigenvalue weighted by atomic mass is 9.68. The summed E-state index contributed by atoms with van der Waals surface area (Å²) in [4.78, 5) is 26.1. The van der Waals surface area contributed by atoms with Crippen LogP contribution < -0.4 is 11.6 Å². The van der Waals surface area contributed by atoms with E-state index in [1.807, 2.05) is 60.7 Å². The summed E-state index contributed by atoms with van der Waals surface area (Å²) in [6.45, 7) is 8.82. The van der Waals surface area contributed by atoms with Crippen LogP contribution in [-0.2, 0) is 27.3 Å². The van der Waals surface area contributed by atoms with Crippen molar-refractivity contribution in [2.24, 2.45) is 22.9 Å². The Balaban J connectivity index is 2.37. The van der Waals surface area contributed by atoms with Gasteiger partial charge in [-0.05, 0) is 44.2 Å². The Hall–Kier alpha value is -2.94. The normalized spacial score (nSPS) is 15.2. The van der Waals surface area contributed by atoms with Gasteiger partial charge in [0.25, 0.3) is 0 Å². The van der Waals surface area contributed by atoms with Crippen molar-refractivity contribution < 1.29 is 24.2 Å². The molecule has 0 fully saturated rings. The van der Waals surface area contributed by atoms with Gasteiger partial charge in [0.2, 0.25) is 0 Å². The van der Waals surface area contributed by atoms with Gasteiger partial charge in [-0.25, -0.2) is 15.6 Å². The second-order valence-electron chi connectivity index (χ2n) is 9.75. The number of aliphatic hydroxyl groups excluding tert-OH is 1. The molecule has 8 nitrogen and oxygen atoms in total. The maximum atomic E-state index is 13.6. The minimum Gasteiger partial charge on any atom is -0.460 e. The van der Waals surface area contributed by atoms with Crippen LogP contribution in [0.1, 0.15) is 45.7 Å². The van der Waals surface area contributed by atoms with E-state index in [0.29, 0.717) is 0 Å². The third-order valence-corrected chi connectivity index (χ3v) is 5.96. The average Bonchev–Trinajstić information content (AvgIpc) is 2.80. The van der Waals surface area contributed by atoms with Gasteiger partial charge >= 0.3 is 12.1 Å². The van der Waals surface area contributed by atoms with Crippen LogP contribution >= 0.6 is 0 Å². The zero-order valence-electron chi connectivity index (χ0n) is 20.6. The van der Waals surface area contributed by atoms with Crippen LogP contribution in [-0.4, -0.2) is 40.0 Å². The number of aliphatic hydroxyl groups is 1. The molecule has 1 amide bonds. The number of benzene rings is 2. The number of nitrogens with zero attached hydrogens (tertiary/aromatic N) is 1. The first-order chi connectivity index (χ1) is 15.9. The molecule has 0 aliphatic rings. The zero-order valence-corrected chi connectivity index (χ0v) is 20.6. The molecule has 5 N–H and O–H groups in total. The molecule has 0 saturated carbocycles. The van der Waals surface area contributed by atoms with Crippen LogP contribution in [0.5, 0.6) is 0 Å². The highest BCUT2D eigenvalue weighted by molar-refractivity contribution is 5.79. The van der Waals surface area contributed by atoms with Crippen LogP contribution in [0.15, 0.2) is 60.7 Å². The fourth-order valence-electron chi connectivity index (χ4n) is 3.67. The van der Waals surface area contributed by atoms with Crippen LogP contribution in [0.25, 0.3) is 0 Å². The predicted molar refractivity (Wildman–Crippen MR) is 130 cm³/mol. The first kappa shape index (κ1) is 27.3. The van der Waals surface area contributed by atoms with Crippen molar-refractivity contribution in [3.05, 3.63) is 71.8 Å². The van der Waals surface area contributed by atoms with Gasteiger partial charge in [-0.1, -0.05) is 74.5 Å². The van der Waals surface area contributed by atoms with E-state index in [2.05, 4.69) is 0 Å². The zero-order chi connectivity index (χ0) is 25.5. The SMILES string of the molecule is CC(C)[C@](Cc1ccccc1)(C(=O)OCc1ccccc1)[C@H](O)C(N)OC(=O)N(N)C(C)(C)C. The minimum atomic E-state index is -1.56. The molecule has 1 unspecified atom stereocenters. The summed E-state index contributed by atoms with van der Waals surface area (Å²) in [6, 6.07) is 18.5. The number of esters is 1. The molecule has 34 heavy (non-hydrogen) atoms. The number of hydrogen-bond acceptors (Lipinski definition) is 7. The average molecular weight is 472 g/mol. The van der Waals surface area contributed by atoms with Gasteiger partial charge in [-0.15, -0.1) is 0 Å². The molecule has 0 aliphatic carbocycles. The summed E-state index contributed by atoms with van der Waals surface area (Å²) in [5.41, 5.74) is 5.54. The van der Waals surface area contributed by atoms with Crippen molar-refractivity contribution >= 4 is 12.1 Å². The Labute approximate surface area is 201 Å². The van der Waals surface area contributed by atoms with E-state index in [1.165, 1.54) is 0 Å². The lowest BCUT2D eigenvalue weighted by molar-refractivity contribution is -0.178. The Morgan fingerprint density at radius 1 is 0.971 bits per heavy atom. The molecule has 0 saturated heterocycles. The monoisotopic (exact) mass is 471 g/mol. The number of carbonyl (C=O) groups excluding carboxylic acids is 2. The van der Waals surface area contributed by atoms with E-state index in [9.17, 15) is 14.7 Å². The third-order valence-electron chi connectivity index (χ3n) is 5.96. The van der Waals surface area contributed by atoms with Crippen LogP contribution in [0.3, 0.4) is 0 Å². The van der Waals surface area contributed by atoms with Gasteiger partial charge in [0.1, 0.15) is 18.1 Å². The van der Waals surface area contributed by atoms with E-state index in [1.54, 1.807) is 34.6 Å². The number of ether oxygens (including phenoxy) is 2. The molecule has 3 atom stereocenters. The van der Waals surface area contributed by atoms with E-state index in [0.717, 1.165) is 16.1 Å². The summed E-state index contributed by atoms with van der Waals surface area (Å²) < 4.78 is 11.0. The highest BCUT2D eigenvalue weighted by atomic mass is 16.6. The fourth-order valence-corrected chi connectivity index (χ4v) is 3.67. The van der Waals surface area contributed by atoms with Crippen LogP contribution in [0.2, 0.25) is 0 Å². The summed E-state index contributed by atoms with van der Waals surface area (Å²) in [7, 11) is 0. The van der Waals surface area contributed by atoms with Gasteiger partial charge in [-0.3, -0.25) is 10.5 Å². The van der Waals surface area contributed by atoms with Crippen molar-refractivity contribution in [1.29, 1.82) is 0 Å². The molecule has 0 aliphatic heterocycles. The van der Waals surface area contributed by atoms with Crippen molar-refractivity contribution in [2.45, 2.75) is 65.5 Å². The smallest absolute Gasteiger partial charge is 0.426 e. The summed E-state index contributed by atoms with van der Waals surface area (Å²) in [5.74, 6) is 4.80. The number of hydrogen-bond donors (Lipinski definition) is 3. The number of rotatable bonds is 9. The quantitative estimate of drug-likeness (QED) is 0.168. The Morgan fingerprint density at radius 3 is 1.94 bits per heavy atom. The van der Waals surface area contributed by atoms with E-state index >= 15 is 0 Å². The van der Waals surface area contributed by atoms with Crippen LogP contribution in [0, 0.1) is 11.3 Å². The molecular formula is C26H37N3O5. The molecule has 0 radical (unpaired) electrons. The Kier molecular flexibility index (Phi) is 9.21. The molecule has 0 heterocycles. The third kappa shape index (κ3) is 6.56. The number of carbonyl (C=O) groups is 2. The second kappa shape index (κ2) is 11.5. The van der Waals surface area contributed by atoms with Crippen LogP contribution in [0.4, 0.5) is 4.79 Å². The van der Waals surface area contributed by atoms with Gasteiger partial charge in [0.15, 0.2) is 6.23 Å². The van der Waals surface area contributed by atoms with E-state index in [4.69, 9.17) is 21.1 Å². The fraction of sp³-hybridized carbons (Fsp3) is 0.462. The number of amides is 1. The molecule has 0 spiro atoms. The van der Waals surface area contributed by atoms with Gasteiger partial charge in [0.05, 0.1) is 5.54 Å². The first-order valence-electron chi connectivity index (χ1n) is 11.3. The highest BCUT2D eigenvalue weighted by Crippen LogP contribution is 2.39. The van der Waals surface area contributed by atoms with Crippen molar-refractivity contribution in [3.8, 4) is 0 Å². The van der Waals surface area contributed by atoms with E-state index in [-0.39, 0.29) is 13.0 Å². The standard InChI is InChI=1S/C26H37N3O5/c1-18(2)26(16-19-12-8-6-9-13-19,23(31)33-17-20-14-10-7-11-15-20)21(30)22(27)34-24(32)29(28)25(3,4)5/h6-15,18,21-22,30H,16-17,27-28H2,1-5H3/t21-,22?,26+/m1/s1. The maximum absolute atomic E-state index is 13.6. The first-order valence-corrected chi connectivity index (χ1v) is 11.3. The number of nitrogens with two attached hydrogens (primary N) is 2. The van der Waals surface area contributed by atoms with Gasteiger partial charge < -0.3 is 14.6 Å². The summed E-state index contributed by atoms with van der Waals surface area (Å²) in [5, 5.41) is 12.3. The lowest BCUT2D eigenvalue weighted by Gasteiger charge is -2.41. The molecule has 186 valence electrons.